The Hall–Kier alpha value is -3.36. The van der Waals surface area contributed by atoms with Crippen molar-refractivity contribution in [3.63, 3.8) is 0 Å². The Morgan fingerprint density at radius 1 is 1.17 bits per heavy atom. The molecule has 0 fully saturated rings. The number of halogens is 3. The van der Waals surface area contributed by atoms with Gasteiger partial charge < -0.3 is 14.0 Å². The van der Waals surface area contributed by atoms with Crippen molar-refractivity contribution in [1.82, 2.24) is 10.1 Å². The van der Waals surface area contributed by atoms with E-state index in [9.17, 15) is 18.0 Å². The Kier molecular flexibility index (Phi) is 5.58. The van der Waals surface area contributed by atoms with Gasteiger partial charge in [0.25, 0.3) is 5.89 Å². The lowest BCUT2D eigenvalue weighted by Crippen LogP contribution is -2.07. The van der Waals surface area contributed by atoms with Crippen LogP contribution in [0.1, 0.15) is 41.8 Å². The Balaban J connectivity index is 1.86. The molecule has 0 spiro atoms. The third-order valence-electron chi connectivity index (χ3n) is 4.11. The summed E-state index contributed by atoms with van der Waals surface area (Å²) in [5.41, 5.74) is -0.309. The first-order valence-electron chi connectivity index (χ1n) is 8.56. The van der Waals surface area contributed by atoms with Gasteiger partial charge in [-0.25, -0.2) is 0 Å². The summed E-state index contributed by atoms with van der Waals surface area (Å²) in [5.74, 6) is 0.606. The molecule has 1 unspecified atom stereocenters. The SMILES string of the molecule is COc1ccc(C(C)=O)c(OC(C)c2nc(-c3cccc(C(F)(F)F)c3)no2)c1. The fraction of sp³-hybridized carbons (Fsp3) is 0.250. The van der Waals surface area contributed by atoms with E-state index in [-0.39, 0.29) is 28.8 Å². The highest BCUT2D eigenvalue weighted by Crippen LogP contribution is 2.33. The van der Waals surface area contributed by atoms with E-state index in [2.05, 4.69) is 10.1 Å². The van der Waals surface area contributed by atoms with Crippen molar-refractivity contribution >= 4 is 5.78 Å². The minimum absolute atomic E-state index is 0.000941. The van der Waals surface area contributed by atoms with E-state index in [0.717, 1.165) is 12.1 Å². The summed E-state index contributed by atoms with van der Waals surface area (Å²) in [7, 11) is 1.48. The highest BCUT2D eigenvalue weighted by molar-refractivity contribution is 5.97. The average molecular weight is 406 g/mol. The quantitative estimate of drug-likeness (QED) is 0.530. The van der Waals surface area contributed by atoms with Crippen LogP contribution in [-0.2, 0) is 6.18 Å². The van der Waals surface area contributed by atoms with Gasteiger partial charge in [0.15, 0.2) is 11.9 Å². The first-order valence-corrected chi connectivity index (χ1v) is 8.56. The van der Waals surface area contributed by atoms with Crippen molar-refractivity contribution in [2.24, 2.45) is 0 Å². The molecule has 152 valence electrons. The van der Waals surface area contributed by atoms with Gasteiger partial charge in [-0.05, 0) is 38.1 Å². The van der Waals surface area contributed by atoms with Crippen molar-refractivity contribution in [2.75, 3.05) is 7.11 Å². The summed E-state index contributed by atoms with van der Waals surface area (Å²) in [6, 6.07) is 9.38. The molecule has 9 heteroatoms. The molecular weight excluding hydrogens is 389 g/mol. The Morgan fingerprint density at radius 2 is 1.93 bits per heavy atom. The van der Waals surface area contributed by atoms with E-state index in [1.807, 2.05) is 0 Å². The van der Waals surface area contributed by atoms with Gasteiger partial charge >= 0.3 is 6.18 Å². The fourth-order valence-corrected chi connectivity index (χ4v) is 2.61. The van der Waals surface area contributed by atoms with Gasteiger partial charge in [0.2, 0.25) is 5.82 Å². The molecule has 1 heterocycles. The van der Waals surface area contributed by atoms with Gasteiger partial charge in [-0.2, -0.15) is 18.2 Å². The van der Waals surface area contributed by atoms with Gasteiger partial charge in [0.1, 0.15) is 11.5 Å². The van der Waals surface area contributed by atoms with E-state index in [0.29, 0.717) is 11.3 Å². The van der Waals surface area contributed by atoms with Crippen LogP contribution < -0.4 is 9.47 Å². The van der Waals surface area contributed by atoms with Crippen LogP contribution in [0.25, 0.3) is 11.4 Å². The normalized spacial score (nSPS) is 12.5. The minimum Gasteiger partial charge on any atom is -0.497 e. The number of nitrogens with zero attached hydrogens (tertiary/aromatic N) is 2. The first-order chi connectivity index (χ1) is 13.7. The Bertz CT molecular complexity index is 1030. The van der Waals surface area contributed by atoms with E-state index >= 15 is 0 Å². The first kappa shape index (κ1) is 20.4. The molecule has 0 aliphatic rings. The molecule has 1 atom stereocenters. The van der Waals surface area contributed by atoms with E-state index < -0.39 is 17.8 Å². The number of benzene rings is 2. The molecule has 3 rings (SSSR count). The van der Waals surface area contributed by atoms with Crippen LogP contribution in [0.3, 0.4) is 0 Å². The van der Waals surface area contributed by atoms with Crippen molar-refractivity contribution in [3.8, 4) is 22.9 Å². The van der Waals surface area contributed by atoms with Crippen molar-refractivity contribution < 1.29 is 32.0 Å². The zero-order valence-corrected chi connectivity index (χ0v) is 15.8. The summed E-state index contributed by atoms with van der Waals surface area (Å²) in [5, 5.41) is 3.74. The zero-order valence-electron chi connectivity index (χ0n) is 15.8. The van der Waals surface area contributed by atoms with Crippen LogP contribution in [0, 0.1) is 0 Å². The summed E-state index contributed by atoms with van der Waals surface area (Å²) >= 11 is 0. The lowest BCUT2D eigenvalue weighted by Gasteiger charge is -2.14. The molecule has 0 aliphatic carbocycles. The molecule has 0 saturated carbocycles. The van der Waals surface area contributed by atoms with E-state index in [1.165, 1.54) is 26.2 Å². The maximum atomic E-state index is 12.9. The summed E-state index contributed by atoms with van der Waals surface area (Å²) in [6.45, 7) is 3.02. The number of hydrogen-bond acceptors (Lipinski definition) is 6. The highest BCUT2D eigenvalue weighted by atomic mass is 19.4. The largest absolute Gasteiger partial charge is 0.497 e. The molecule has 0 N–H and O–H groups in total. The molecule has 29 heavy (non-hydrogen) atoms. The molecule has 0 amide bonds. The number of carbonyl (C=O) groups is 1. The topological polar surface area (TPSA) is 74.5 Å². The molecule has 1 aromatic heterocycles. The third-order valence-corrected chi connectivity index (χ3v) is 4.11. The Labute approximate surface area is 164 Å². The molecule has 0 aliphatic heterocycles. The molecule has 0 radical (unpaired) electrons. The fourth-order valence-electron chi connectivity index (χ4n) is 2.61. The number of ketones is 1. The molecule has 0 saturated heterocycles. The van der Waals surface area contributed by atoms with Gasteiger partial charge in [-0.1, -0.05) is 17.3 Å². The summed E-state index contributed by atoms with van der Waals surface area (Å²) in [6.07, 6.45) is -5.23. The number of ether oxygens (including phenoxy) is 2. The van der Waals surface area contributed by atoms with Crippen molar-refractivity contribution in [2.45, 2.75) is 26.1 Å². The van der Waals surface area contributed by atoms with E-state index in [1.54, 1.807) is 25.1 Å². The zero-order chi connectivity index (χ0) is 21.2. The predicted molar refractivity (Wildman–Crippen MR) is 96.8 cm³/mol. The smallest absolute Gasteiger partial charge is 0.416 e. The van der Waals surface area contributed by atoms with Crippen LogP contribution in [0.15, 0.2) is 47.0 Å². The molecular formula is C20H17F3N2O4. The number of rotatable bonds is 6. The van der Waals surface area contributed by atoms with E-state index in [4.69, 9.17) is 14.0 Å². The molecule has 2 aromatic carbocycles. The summed E-state index contributed by atoms with van der Waals surface area (Å²) in [4.78, 5) is 16.0. The second-order valence-electron chi connectivity index (χ2n) is 6.21. The maximum Gasteiger partial charge on any atom is 0.416 e. The number of methoxy groups -OCH3 is 1. The standard InChI is InChI=1S/C20H17F3N2O4/c1-11(26)16-8-7-15(27-3)10-17(16)28-12(2)19-24-18(25-29-19)13-5-4-6-14(9-13)20(21,22)23/h4-10,12H,1-3H3. The van der Waals surface area contributed by atoms with Gasteiger partial charge in [0.05, 0.1) is 18.2 Å². The second kappa shape index (κ2) is 7.94. The Morgan fingerprint density at radius 3 is 2.59 bits per heavy atom. The number of hydrogen-bond donors (Lipinski definition) is 0. The number of carbonyl (C=O) groups excluding carboxylic acids is 1. The number of Topliss-reactive ketones (excluding diaryl/α,β-unsaturated/α-hetero) is 1. The van der Waals surface area contributed by atoms with Gasteiger partial charge in [0, 0.05) is 11.6 Å². The van der Waals surface area contributed by atoms with Gasteiger partial charge in [-0.15, -0.1) is 0 Å². The van der Waals surface area contributed by atoms with Gasteiger partial charge in [-0.3, -0.25) is 4.79 Å². The lowest BCUT2D eigenvalue weighted by molar-refractivity contribution is -0.137. The van der Waals surface area contributed by atoms with Crippen LogP contribution in [0.2, 0.25) is 0 Å². The molecule has 3 aromatic rings. The van der Waals surface area contributed by atoms with Crippen LogP contribution in [0.4, 0.5) is 13.2 Å². The molecule has 0 bridgehead atoms. The maximum absolute atomic E-state index is 12.9. The number of aromatic nitrogens is 2. The van der Waals surface area contributed by atoms with Crippen molar-refractivity contribution in [1.29, 1.82) is 0 Å². The molecule has 6 nitrogen and oxygen atoms in total. The monoisotopic (exact) mass is 406 g/mol. The average Bonchev–Trinajstić information content (AvgIpc) is 3.17. The highest BCUT2D eigenvalue weighted by Gasteiger charge is 2.31. The van der Waals surface area contributed by atoms with Crippen LogP contribution in [0.5, 0.6) is 11.5 Å². The van der Waals surface area contributed by atoms with Crippen molar-refractivity contribution in [3.05, 3.63) is 59.5 Å². The second-order valence-corrected chi connectivity index (χ2v) is 6.21. The summed E-state index contributed by atoms with van der Waals surface area (Å²) < 4.78 is 54.8. The van der Waals surface area contributed by atoms with Crippen LogP contribution >= 0.6 is 0 Å². The number of alkyl halides is 3. The lowest BCUT2D eigenvalue weighted by atomic mass is 10.1. The third kappa shape index (κ3) is 4.56. The predicted octanol–water partition coefficient (Wildman–Crippen LogP) is 5.11. The van der Waals surface area contributed by atoms with Crippen LogP contribution in [-0.4, -0.2) is 23.0 Å². The minimum atomic E-state index is -4.48.